The third-order valence-corrected chi connectivity index (χ3v) is 8.14. The number of aromatic nitrogens is 1. The minimum Gasteiger partial charge on any atom is -1.00 e. The van der Waals surface area contributed by atoms with Crippen LogP contribution >= 0.6 is 11.6 Å². The highest BCUT2D eigenvalue weighted by molar-refractivity contribution is 6.32. The second kappa shape index (κ2) is 23.6. The first-order valence-corrected chi connectivity index (χ1v) is 17.3. The van der Waals surface area contributed by atoms with Crippen LogP contribution in [-0.2, 0) is 24.4 Å². The summed E-state index contributed by atoms with van der Waals surface area (Å²) >= 11 is 6.50. The molecule has 8 heteroatoms. The van der Waals surface area contributed by atoms with E-state index in [1.165, 1.54) is 64.2 Å². The SMILES string of the molecule is CCCCCCCCCCCCCCOc1ccc(COC(=O)N(Cc2ccc[n+](CCC)c2)C(=O)c2ccccc2)cc1Cl.[I-]. The van der Waals surface area contributed by atoms with Gasteiger partial charge in [-0.1, -0.05) is 120 Å². The first-order valence-electron chi connectivity index (χ1n) is 16.9. The summed E-state index contributed by atoms with van der Waals surface area (Å²) in [6, 6.07) is 18.0. The molecule has 252 valence electrons. The normalized spacial score (nSPS) is 10.7. The lowest BCUT2D eigenvalue weighted by Gasteiger charge is -2.20. The molecule has 3 rings (SSSR count). The third-order valence-electron chi connectivity index (χ3n) is 7.84. The van der Waals surface area contributed by atoms with Gasteiger partial charge in [-0.3, -0.25) is 4.79 Å². The highest BCUT2D eigenvalue weighted by atomic mass is 127. The number of nitrogens with zero attached hydrogens (tertiary/aromatic N) is 2. The van der Waals surface area contributed by atoms with Crippen molar-refractivity contribution in [3.05, 3.63) is 94.8 Å². The van der Waals surface area contributed by atoms with Crippen LogP contribution in [-0.4, -0.2) is 23.5 Å². The Morgan fingerprint density at radius 3 is 2.04 bits per heavy atom. The van der Waals surface area contributed by atoms with Crippen molar-refractivity contribution in [2.24, 2.45) is 0 Å². The minimum absolute atomic E-state index is 0. The second-order valence-corrected chi connectivity index (χ2v) is 12.2. The highest BCUT2D eigenvalue weighted by Gasteiger charge is 2.25. The Morgan fingerprint density at radius 1 is 0.761 bits per heavy atom. The number of hydrogen-bond acceptors (Lipinski definition) is 4. The molecule has 0 aliphatic rings. The standard InChI is InChI=1S/C38H52ClN2O4.HI/c1-3-5-6-7-8-9-10-11-12-13-14-18-27-44-36-24-23-32(28-35(36)39)31-45-38(43)41(37(42)34-21-16-15-17-22-34)30-33-20-19-26-40(29-33)25-4-2;/h15-17,19-24,26,28-29H,3-14,18,25,27,30-31H2,1-2H3;1H/q+1;/p-1. The first-order chi connectivity index (χ1) is 22.0. The number of pyridine rings is 1. The van der Waals surface area contributed by atoms with E-state index < -0.39 is 12.0 Å². The number of ether oxygens (including phenoxy) is 2. The summed E-state index contributed by atoms with van der Waals surface area (Å²) in [4.78, 5) is 27.8. The molecule has 3 aromatic rings. The highest BCUT2D eigenvalue weighted by Crippen LogP contribution is 2.26. The van der Waals surface area contributed by atoms with E-state index in [1.54, 1.807) is 30.3 Å². The molecule has 1 aromatic heterocycles. The molecule has 0 aliphatic heterocycles. The lowest BCUT2D eigenvalue weighted by molar-refractivity contribution is -0.697. The number of halogens is 2. The van der Waals surface area contributed by atoms with Gasteiger partial charge >= 0.3 is 6.09 Å². The second-order valence-electron chi connectivity index (χ2n) is 11.8. The van der Waals surface area contributed by atoms with Gasteiger partial charge in [0.2, 0.25) is 0 Å². The number of rotatable bonds is 21. The van der Waals surface area contributed by atoms with E-state index in [0.29, 0.717) is 22.9 Å². The summed E-state index contributed by atoms with van der Waals surface area (Å²) in [6.07, 6.45) is 19.8. The maximum absolute atomic E-state index is 13.4. The molecule has 0 N–H and O–H groups in total. The smallest absolute Gasteiger partial charge is 0.417 e. The number of unbranched alkanes of at least 4 members (excludes halogenated alkanes) is 11. The van der Waals surface area contributed by atoms with Gasteiger partial charge in [0.05, 0.1) is 18.2 Å². The van der Waals surface area contributed by atoms with Crippen LogP contribution in [0.2, 0.25) is 5.02 Å². The number of imide groups is 1. The van der Waals surface area contributed by atoms with Crippen LogP contribution in [0.4, 0.5) is 4.79 Å². The molecule has 0 aliphatic carbocycles. The zero-order chi connectivity index (χ0) is 32.1. The van der Waals surface area contributed by atoms with E-state index in [4.69, 9.17) is 21.1 Å². The zero-order valence-corrected chi connectivity index (χ0v) is 30.6. The van der Waals surface area contributed by atoms with Gasteiger partial charge in [-0.15, -0.1) is 0 Å². The lowest BCUT2D eigenvalue weighted by atomic mass is 10.1. The van der Waals surface area contributed by atoms with Crippen LogP contribution in [0.1, 0.15) is 119 Å². The van der Waals surface area contributed by atoms with Crippen molar-refractivity contribution < 1.29 is 47.6 Å². The van der Waals surface area contributed by atoms with Crippen molar-refractivity contribution in [1.82, 2.24) is 4.90 Å². The predicted octanol–water partition coefficient (Wildman–Crippen LogP) is 7.10. The van der Waals surface area contributed by atoms with Gasteiger partial charge in [-0.25, -0.2) is 14.3 Å². The van der Waals surface area contributed by atoms with Crippen LogP contribution in [0.15, 0.2) is 73.1 Å². The van der Waals surface area contributed by atoms with E-state index in [0.717, 1.165) is 41.8 Å². The molecule has 0 unspecified atom stereocenters. The number of aryl methyl sites for hydroxylation is 1. The Kier molecular flexibility index (Phi) is 20.3. The fourth-order valence-electron chi connectivity index (χ4n) is 5.30. The number of carbonyl (C=O) groups is 2. The molecule has 0 spiro atoms. The lowest BCUT2D eigenvalue weighted by Crippen LogP contribution is -3.00. The van der Waals surface area contributed by atoms with Crippen LogP contribution in [0.3, 0.4) is 0 Å². The van der Waals surface area contributed by atoms with Crippen LogP contribution in [0, 0.1) is 0 Å². The van der Waals surface area contributed by atoms with Gasteiger partial charge in [0, 0.05) is 23.6 Å². The summed E-state index contributed by atoms with van der Waals surface area (Å²) in [5.41, 5.74) is 1.98. The third kappa shape index (κ3) is 14.8. The molecule has 2 aromatic carbocycles. The molecule has 0 atom stereocenters. The molecule has 0 fully saturated rings. The van der Waals surface area contributed by atoms with Gasteiger partial charge in [0.25, 0.3) is 5.91 Å². The monoisotopic (exact) mass is 762 g/mol. The van der Waals surface area contributed by atoms with Gasteiger partial charge in [-0.2, -0.15) is 0 Å². The fourth-order valence-corrected chi connectivity index (χ4v) is 5.56. The first kappa shape index (κ1) is 39.5. The van der Waals surface area contributed by atoms with Gasteiger partial charge < -0.3 is 33.5 Å². The zero-order valence-electron chi connectivity index (χ0n) is 27.7. The quantitative estimate of drug-likeness (QED) is 0.0661. The number of hydrogen-bond donors (Lipinski definition) is 0. The summed E-state index contributed by atoms with van der Waals surface area (Å²) in [5, 5.41) is 0.476. The fraction of sp³-hybridized carbons (Fsp3) is 0.500. The van der Waals surface area contributed by atoms with Crippen molar-refractivity contribution in [2.75, 3.05) is 6.61 Å². The Morgan fingerprint density at radius 2 is 1.41 bits per heavy atom. The Hall–Kier alpha value is -2.65. The molecule has 1 heterocycles. The van der Waals surface area contributed by atoms with Crippen LogP contribution in [0.5, 0.6) is 5.75 Å². The number of benzene rings is 2. The molecule has 46 heavy (non-hydrogen) atoms. The summed E-state index contributed by atoms with van der Waals surface area (Å²) < 4.78 is 13.6. The maximum atomic E-state index is 13.4. The molecular weight excluding hydrogens is 711 g/mol. The van der Waals surface area contributed by atoms with Gasteiger partial charge in [0.15, 0.2) is 12.4 Å². The van der Waals surface area contributed by atoms with Crippen LogP contribution in [0.25, 0.3) is 0 Å². The molecule has 2 amide bonds. The molecule has 0 radical (unpaired) electrons. The number of carbonyl (C=O) groups excluding carboxylic acids is 2. The van der Waals surface area contributed by atoms with Crippen molar-refractivity contribution >= 4 is 23.6 Å². The Balaban J connectivity index is 0.00000736. The maximum Gasteiger partial charge on any atom is 0.417 e. The van der Waals surface area contributed by atoms with Crippen LogP contribution < -0.4 is 33.3 Å². The van der Waals surface area contributed by atoms with Crippen molar-refractivity contribution in [2.45, 2.75) is 117 Å². The van der Waals surface area contributed by atoms with E-state index in [9.17, 15) is 9.59 Å². The van der Waals surface area contributed by atoms with E-state index in [-0.39, 0.29) is 37.1 Å². The average molecular weight is 763 g/mol. The van der Waals surface area contributed by atoms with Gasteiger partial charge in [-0.05, 0) is 42.3 Å². The van der Waals surface area contributed by atoms with Crippen molar-refractivity contribution in [1.29, 1.82) is 0 Å². The Labute approximate surface area is 298 Å². The van der Waals surface area contributed by atoms with Crippen molar-refractivity contribution in [3.8, 4) is 5.75 Å². The summed E-state index contributed by atoms with van der Waals surface area (Å²) in [5.74, 6) is 0.214. The Bertz CT molecular complexity index is 1290. The summed E-state index contributed by atoms with van der Waals surface area (Å²) in [7, 11) is 0. The predicted molar refractivity (Wildman–Crippen MR) is 181 cm³/mol. The van der Waals surface area contributed by atoms with Crippen molar-refractivity contribution in [3.63, 3.8) is 0 Å². The topological polar surface area (TPSA) is 59.7 Å². The number of amides is 2. The molecule has 0 saturated heterocycles. The van der Waals surface area contributed by atoms with E-state index in [1.807, 2.05) is 42.7 Å². The van der Waals surface area contributed by atoms with E-state index >= 15 is 0 Å². The van der Waals surface area contributed by atoms with E-state index in [2.05, 4.69) is 18.4 Å². The molecular formula is C38H52ClIN2O4. The molecule has 0 bridgehead atoms. The molecule has 6 nitrogen and oxygen atoms in total. The molecule has 0 saturated carbocycles. The average Bonchev–Trinajstić information content (AvgIpc) is 3.06. The van der Waals surface area contributed by atoms with Gasteiger partial charge in [0.1, 0.15) is 18.9 Å². The summed E-state index contributed by atoms with van der Waals surface area (Å²) in [6.45, 7) is 5.93. The minimum atomic E-state index is -0.710. The largest absolute Gasteiger partial charge is 1.00 e.